The highest BCUT2D eigenvalue weighted by atomic mass is 19.4. The van der Waals surface area contributed by atoms with Gasteiger partial charge in [-0.3, -0.25) is 14.5 Å². The number of carbonyl (C=O) groups is 3. The lowest BCUT2D eigenvalue weighted by atomic mass is 9.53. The number of carbonyl (C=O) groups excluding carboxylic acids is 3. The van der Waals surface area contributed by atoms with Crippen LogP contribution in [0.15, 0.2) is 29.3 Å². The highest BCUT2D eigenvalue weighted by molar-refractivity contribution is 6.32. The zero-order valence-electron chi connectivity index (χ0n) is 25.9. The number of rotatable bonds is 9. The number of unbranched alkanes of at least 4 members (excludes halogenated alkanes) is 3. The van der Waals surface area contributed by atoms with Crippen molar-refractivity contribution >= 4 is 23.5 Å². The molecular weight excluding hydrogens is 583 g/mol. The van der Waals surface area contributed by atoms with E-state index in [0.717, 1.165) is 100.0 Å². The number of nitriles is 1. The first-order chi connectivity index (χ1) is 21.5. The third-order valence-corrected chi connectivity index (χ3v) is 10.8. The molecule has 4 saturated carbocycles. The van der Waals surface area contributed by atoms with E-state index in [1.54, 1.807) is 0 Å². The fraction of sp³-hybridized carbons (Fsp3) is 0.647. The fourth-order valence-electron chi connectivity index (χ4n) is 8.95. The van der Waals surface area contributed by atoms with E-state index in [4.69, 9.17) is 5.26 Å². The van der Waals surface area contributed by atoms with Crippen LogP contribution in [-0.4, -0.2) is 65.9 Å². The summed E-state index contributed by atoms with van der Waals surface area (Å²) in [6.07, 6.45) is 6.64. The maximum absolute atomic E-state index is 13.4. The first-order valence-electron chi connectivity index (χ1n) is 16.5. The van der Waals surface area contributed by atoms with Crippen LogP contribution in [0.25, 0.3) is 0 Å². The third-order valence-electron chi connectivity index (χ3n) is 10.8. The number of halogens is 3. The van der Waals surface area contributed by atoms with Gasteiger partial charge in [-0.25, -0.2) is 9.69 Å². The van der Waals surface area contributed by atoms with E-state index in [0.29, 0.717) is 24.5 Å². The Morgan fingerprint density at radius 1 is 0.956 bits per heavy atom. The zero-order valence-corrected chi connectivity index (χ0v) is 25.9. The summed E-state index contributed by atoms with van der Waals surface area (Å²) < 4.78 is 40.3. The number of urea groups is 1. The van der Waals surface area contributed by atoms with Crippen molar-refractivity contribution < 1.29 is 27.6 Å². The standard InChI is InChI=1S/C34H42F3N5O3/c1-22-28(31(44)42(30(22)43)27-8-7-26(21-38)29(17-27)34(35,36)37)6-4-2-3-5-9-40-10-12-41(13-11-40)32(45)39-33-18-23-14-24(19-33)16-25(15-23)20-33/h7-8,17,23-25H,2-6,9-16,18-20H2,1H3,(H,39,45). The Hall–Kier alpha value is -3.39. The van der Waals surface area contributed by atoms with Crippen molar-refractivity contribution in [2.75, 3.05) is 37.6 Å². The van der Waals surface area contributed by atoms with Crippen molar-refractivity contribution in [1.29, 1.82) is 5.26 Å². The first kappa shape index (κ1) is 31.6. The second-order valence-corrected chi connectivity index (χ2v) is 14.0. The Balaban J connectivity index is 0.905. The monoisotopic (exact) mass is 625 g/mol. The lowest BCUT2D eigenvalue weighted by molar-refractivity contribution is -0.138. The molecule has 6 aliphatic rings. The average Bonchev–Trinajstić information content (AvgIpc) is 3.20. The smallest absolute Gasteiger partial charge is 0.333 e. The predicted molar refractivity (Wildman–Crippen MR) is 162 cm³/mol. The van der Waals surface area contributed by atoms with E-state index in [9.17, 15) is 27.6 Å². The minimum absolute atomic E-state index is 0.0342. The van der Waals surface area contributed by atoms with Gasteiger partial charge in [0.15, 0.2) is 0 Å². The van der Waals surface area contributed by atoms with Gasteiger partial charge in [0.25, 0.3) is 11.8 Å². The van der Waals surface area contributed by atoms with Gasteiger partial charge in [0.05, 0.1) is 22.9 Å². The van der Waals surface area contributed by atoms with Gasteiger partial charge in [-0.05, 0) is 107 Å². The third kappa shape index (κ3) is 6.49. The minimum atomic E-state index is -4.78. The molecule has 7 rings (SSSR count). The molecule has 0 spiro atoms. The van der Waals surface area contributed by atoms with Crippen LogP contribution in [0.4, 0.5) is 23.7 Å². The molecule has 4 aliphatic carbocycles. The van der Waals surface area contributed by atoms with E-state index in [2.05, 4.69) is 10.2 Å². The minimum Gasteiger partial charge on any atom is -0.333 e. The molecule has 242 valence electrons. The summed E-state index contributed by atoms with van der Waals surface area (Å²) in [5, 5.41) is 12.5. The van der Waals surface area contributed by atoms with Crippen molar-refractivity contribution in [2.45, 2.75) is 89.3 Å². The lowest BCUT2D eigenvalue weighted by Crippen LogP contribution is -2.63. The van der Waals surface area contributed by atoms with Gasteiger partial charge in [-0.1, -0.05) is 12.8 Å². The Bertz CT molecular complexity index is 1390. The summed E-state index contributed by atoms with van der Waals surface area (Å²) in [5.74, 6) is 1.18. The molecule has 0 atom stereocenters. The van der Waals surface area contributed by atoms with Gasteiger partial charge in [0, 0.05) is 42.9 Å². The molecule has 1 aromatic carbocycles. The van der Waals surface area contributed by atoms with Crippen LogP contribution in [0.2, 0.25) is 0 Å². The van der Waals surface area contributed by atoms with Crippen molar-refractivity contribution in [3.05, 3.63) is 40.5 Å². The fourth-order valence-corrected chi connectivity index (χ4v) is 8.95. The molecule has 2 aliphatic heterocycles. The molecule has 1 aromatic rings. The number of piperazine rings is 1. The van der Waals surface area contributed by atoms with Gasteiger partial charge in [0.1, 0.15) is 0 Å². The van der Waals surface area contributed by atoms with Crippen LogP contribution in [0.3, 0.4) is 0 Å². The highest BCUT2D eigenvalue weighted by Crippen LogP contribution is 2.55. The number of hydrogen-bond donors (Lipinski definition) is 1. The molecule has 4 amide bonds. The van der Waals surface area contributed by atoms with E-state index >= 15 is 0 Å². The molecule has 1 saturated heterocycles. The number of nitrogens with one attached hydrogen (secondary N) is 1. The van der Waals surface area contributed by atoms with Crippen molar-refractivity contribution in [3.63, 3.8) is 0 Å². The van der Waals surface area contributed by atoms with Crippen molar-refractivity contribution in [3.8, 4) is 6.07 Å². The largest absolute Gasteiger partial charge is 0.417 e. The molecule has 1 N–H and O–H groups in total. The summed E-state index contributed by atoms with van der Waals surface area (Å²) >= 11 is 0. The van der Waals surface area contributed by atoms with Crippen molar-refractivity contribution in [1.82, 2.24) is 15.1 Å². The highest BCUT2D eigenvalue weighted by Gasteiger charge is 2.52. The molecule has 0 radical (unpaired) electrons. The summed E-state index contributed by atoms with van der Waals surface area (Å²) in [7, 11) is 0. The van der Waals surface area contributed by atoms with Crippen LogP contribution >= 0.6 is 0 Å². The van der Waals surface area contributed by atoms with Crippen LogP contribution < -0.4 is 10.2 Å². The second kappa shape index (κ2) is 12.4. The number of hydrogen-bond acceptors (Lipinski definition) is 5. The number of benzene rings is 1. The molecule has 0 aromatic heterocycles. The topological polar surface area (TPSA) is 96.8 Å². The van der Waals surface area contributed by atoms with E-state index in [1.165, 1.54) is 38.3 Å². The SMILES string of the molecule is CC1=C(CCCCCCN2CCN(C(=O)NC34CC5CC(CC(C5)C3)C4)CC2)C(=O)N(c2ccc(C#N)c(C(F)(F)F)c2)C1=O. The Labute approximate surface area is 262 Å². The molecule has 2 heterocycles. The number of alkyl halides is 3. The Morgan fingerprint density at radius 3 is 2.18 bits per heavy atom. The zero-order chi connectivity index (χ0) is 31.9. The number of anilines is 1. The lowest BCUT2D eigenvalue weighted by Gasteiger charge is -2.57. The molecule has 0 unspecified atom stereocenters. The van der Waals surface area contributed by atoms with Crippen LogP contribution in [0.5, 0.6) is 0 Å². The van der Waals surface area contributed by atoms with Crippen LogP contribution in [0, 0.1) is 29.1 Å². The van der Waals surface area contributed by atoms with Crippen LogP contribution in [0.1, 0.15) is 88.7 Å². The van der Waals surface area contributed by atoms with Gasteiger partial charge < -0.3 is 10.2 Å². The number of imide groups is 1. The van der Waals surface area contributed by atoms with Gasteiger partial charge in [0.2, 0.25) is 0 Å². The quantitative estimate of drug-likeness (QED) is 0.268. The van der Waals surface area contributed by atoms with E-state index in [1.807, 2.05) is 4.90 Å². The summed E-state index contributed by atoms with van der Waals surface area (Å²) in [4.78, 5) is 44.3. The van der Waals surface area contributed by atoms with Gasteiger partial charge >= 0.3 is 12.2 Å². The Kier molecular flexibility index (Phi) is 8.72. The summed E-state index contributed by atoms with van der Waals surface area (Å²) in [6.45, 7) is 5.67. The normalized spacial score (nSPS) is 28.3. The molecule has 11 heteroatoms. The number of amides is 4. The first-order valence-corrected chi connectivity index (χ1v) is 16.5. The van der Waals surface area contributed by atoms with E-state index < -0.39 is 29.1 Å². The molecule has 8 nitrogen and oxygen atoms in total. The van der Waals surface area contributed by atoms with E-state index in [-0.39, 0.29) is 22.8 Å². The Morgan fingerprint density at radius 2 is 1.58 bits per heavy atom. The molecular formula is C34H42F3N5O3. The van der Waals surface area contributed by atoms with Crippen molar-refractivity contribution in [2.24, 2.45) is 17.8 Å². The summed E-state index contributed by atoms with van der Waals surface area (Å²) in [6, 6.07) is 4.51. The van der Waals surface area contributed by atoms with Crippen LogP contribution in [-0.2, 0) is 15.8 Å². The maximum atomic E-state index is 13.4. The summed E-state index contributed by atoms with van der Waals surface area (Å²) in [5.41, 5.74) is -1.29. The number of nitrogens with zero attached hydrogens (tertiary/aromatic N) is 4. The molecule has 5 fully saturated rings. The van der Waals surface area contributed by atoms with Gasteiger partial charge in [-0.2, -0.15) is 18.4 Å². The molecule has 4 bridgehead atoms. The maximum Gasteiger partial charge on any atom is 0.417 e. The molecule has 45 heavy (non-hydrogen) atoms. The second-order valence-electron chi connectivity index (χ2n) is 14.0. The predicted octanol–water partition coefficient (Wildman–Crippen LogP) is 6.01. The van der Waals surface area contributed by atoms with Gasteiger partial charge in [-0.15, -0.1) is 0 Å². The average molecular weight is 626 g/mol.